The van der Waals surface area contributed by atoms with Gasteiger partial charge in [0.2, 0.25) is 5.76 Å². The summed E-state index contributed by atoms with van der Waals surface area (Å²) in [5, 5.41) is 0.777. The minimum Gasteiger partial charge on any atom is -0.489 e. The minimum atomic E-state index is -2.98. The van der Waals surface area contributed by atoms with Gasteiger partial charge in [0, 0.05) is 5.75 Å². The highest BCUT2D eigenvalue weighted by Gasteiger charge is 2.17. The van der Waals surface area contributed by atoms with E-state index in [-0.39, 0.29) is 23.1 Å². The number of para-hydroxylation sites is 1. The lowest BCUT2D eigenvalue weighted by atomic mass is 10.2. The highest BCUT2D eigenvalue weighted by atomic mass is 32.2. The second kappa shape index (κ2) is 6.44. The summed E-state index contributed by atoms with van der Waals surface area (Å²) in [4.78, 5) is 0.113. The Labute approximate surface area is 129 Å². The molecule has 0 aliphatic rings. The molecule has 0 saturated heterocycles. The molecule has 2 rings (SSSR count). The number of rotatable bonds is 7. The second-order valence-electron chi connectivity index (χ2n) is 4.56. The maximum atomic E-state index is 11.4. The van der Waals surface area contributed by atoms with Crippen LogP contribution in [0.4, 0.5) is 0 Å². The quantitative estimate of drug-likeness (QED) is 0.620. The topological polar surface area (TPSA) is 82.5 Å². The van der Waals surface area contributed by atoms with Crippen LogP contribution in [0.3, 0.4) is 0 Å². The first kappa shape index (κ1) is 15.8. The first-order valence-electron chi connectivity index (χ1n) is 6.59. The van der Waals surface area contributed by atoms with Crippen LogP contribution >= 0.6 is 12.2 Å². The van der Waals surface area contributed by atoms with Gasteiger partial charge in [0.05, 0.1) is 17.7 Å². The fraction of sp³-hybridized carbons (Fsp3) is 0.357. The summed E-state index contributed by atoms with van der Waals surface area (Å²) in [6.45, 7) is 1.89. The molecule has 0 atom stereocenters. The Hall–Kier alpha value is -1.60. The van der Waals surface area contributed by atoms with E-state index in [2.05, 4.69) is 0 Å². The predicted molar refractivity (Wildman–Crippen MR) is 86.5 cm³/mol. The van der Waals surface area contributed by atoms with Crippen molar-refractivity contribution >= 4 is 38.0 Å². The van der Waals surface area contributed by atoms with Gasteiger partial charge in [0.15, 0.2) is 5.75 Å². The van der Waals surface area contributed by atoms with Crippen LogP contribution in [-0.2, 0) is 9.84 Å². The van der Waals surface area contributed by atoms with Crippen molar-refractivity contribution in [1.82, 2.24) is 0 Å². The number of thiocarbonyl (C=S) groups is 1. The van der Waals surface area contributed by atoms with Crippen molar-refractivity contribution < 1.29 is 17.6 Å². The SMILES string of the molecule is CCS(=O)(=O)CCCOc1c(C(N)=S)oc2ccccc12. The molecule has 0 amide bonds. The Kier molecular flexibility index (Phi) is 4.84. The Bertz CT molecular complexity index is 749. The van der Waals surface area contributed by atoms with Gasteiger partial charge in [-0.25, -0.2) is 8.42 Å². The van der Waals surface area contributed by atoms with Gasteiger partial charge >= 0.3 is 0 Å². The monoisotopic (exact) mass is 327 g/mol. The molecule has 0 bridgehead atoms. The fourth-order valence-corrected chi connectivity index (χ4v) is 2.91. The Morgan fingerprint density at radius 1 is 1.38 bits per heavy atom. The van der Waals surface area contributed by atoms with E-state index in [1.54, 1.807) is 13.0 Å². The molecule has 0 radical (unpaired) electrons. The molecule has 0 aliphatic heterocycles. The molecule has 1 aromatic heterocycles. The fourth-order valence-electron chi connectivity index (χ4n) is 1.92. The van der Waals surface area contributed by atoms with E-state index in [1.807, 2.05) is 18.2 Å². The van der Waals surface area contributed by atoms with E-state index < -0.39 is 9.84 Å². The number of ether oxygens (including phenoxy) is 1. The molecule has 5 nitrogen and oxygen atoms in total. The number of hydrogen-bond donors (Lipinski definition) is 1. The number of furan rings is 1. The van der Waals surface area contributed by atoms with Gasteiger partial charge < -0.3 is 14.9 Å². The highest BCUT2D eigenvalue weighted by molar-refractivity contribution is 7.91. The highest BCUT2D eigenvalue weighted by Crippen LogP contribution is 2.33. The molecule has 1 heterocycles. The average Bonchev–Trinajstić information content (AvgIpc) is 2.83. The van der Waals surface area contributed by atoms with Gasteiger partial charge in [-0.15, -0.1) is 0 Å². The molecule has 0 saturated carbocycles. The van der Waals surface area contributed by atoms with Gasteiger partial charge in [-0.3, -0.25) is 0 Å². The number of nitrogens with two attached hydrogens (primary N) is 1. The summed E-state index contributed by atoms with van der Waals surface area (Å²) in [6, 6.07) is 7.34. The van der Waals surface area contributed by atoms with Crippen LogP contribution in [0.25, 0.3) is 11.0 Å². The lowest BCUT2D eigenvalue weighted by Crippen LogP contribution is -2.13. The Morgan fingerprint density at radius 2 is 2.10 bits per heavy atom. The van der Waals surface area contributed by atoms with Crippen LogP contribution in [-0.4, -0.2) is 31.5 Å². The first-order valence-corrected chi connectivity index (χ1v) is 8.82. The summed E-state index contributed by atoms with van der Waals surface area (Å²) >= 11 is 4.96. The summed E-state index contributed by atoms with van der Waals surface area (Å²) in [7, 11) is -2.98. The molecule has 0 fully saturated rings. The summed E-state index contributed by atoms with van der Waals surface area (Å²) < 4.78 is 34.1. The lowest BCUT2D eigenvalue weighted by Gasteiger charge is -2.06. The summed E-state index contributed by atoms with van der Waals surface area (Å²) in [6.07, 6.45) is 0.409. The minimum absolute atomic E-state index is 0.0989. The standard InChI is InChI=1S/C14H17NO4S2/c1-2-21(16,17)9-5-8-18-12-10-6-3-4-7-11(10)19-13(12)14(15)20/h3-4,6-7H,2,5,8-9H2,1H3,(H2,15,20). The molecular weight excluding hydrogens is 310 g/mol. The van der Waals surface area contributed by atoms with Crippen molar-refractivity contribution in [2.45, 2.75) is 13.3 Å². The van der Waals surface area contributed by atoms with Gasteiger partial charge in [-0.2, -0.15) is 0 Å². The third-order valence-corrected chi connectivity index (χ3v) is 5.04. The Morgan fingerprint density at radius 3 is 2.76 bits per heavy atom. The number of benzene rings is 1. The molecule has 0 spiro atoms. The molecule has 0 unspecified atom stereocenters. The lowest BCUT2D eigenvalue weighted by molar-refractivity contribution is 0.315. The van der Waals surface area contributed by atoms with Crippen molar-refractivity contribution in [3.8, 4) is 5.75 Å². The maximum Gasteiger partial charge on any atom is 0.204 e. The molecule has 7 heteroatoms. The van der Waals surface area contributed by atoms with Crippen LogP contribution in [0.15, 0.2) is 28.7 Å². The van der Waals surface area contributed by atoms with Crippen LogP contribution in [0.5, 0.6) is 5.75 Å². The molecule has 0 aliphatic carbocycles. The van der Waals surface area contributed by atoms with Crippen LogP contribution in [0, 0.1) is 0 Å². The van der Waals surface area contributed by atoms with Crippen molar-refractivity contribution in [2.75, 3.05) is 18.1 Å². The molecule has 1 aromatic carbocycles. The van der Waals surface area contributed by atoms with E-state index in [1.165, 1.54) is 0 Å². The normalized spacial score (nSPS) is 11.7. The zero-order valence-electron chi connectivity index (χ0n) is 11.7. The molecule has 2 aromatic rings. The molecule has 114 valence electrons. The van der Waals surface area contributed by atoms with Crippen molar-refractivity contribution in [2.24, 2.45) is 5.73 Å². The second-order valence-corrected chi connectivity index (χ2v) is 7.47. The van der Waals surface area contributed by atoms with Crippen molar-refractivity contribution in [3.63, 3.8) is 0 Å². The van der Waals surface area contributed by atoms with Crippen LogP contribution < -0.4 is 10.5 Å². The van der Waals surface area contributed by atoms with Crippen LogP contribution in [0.1, 0.15) is 19.1 Å². The predicted octanol–water partition coefficient (Wildman–Crippen LogP) is 2.27. The summed E-state index contributed by atoms with van der Waals surface area (Å²) in [5.41, 5.74) is 6.27. The summed E-state index contributed by atoms with van der Waals surface area (Å²) in [5.74, 6) is 1.04. The van der Waals surface area contributed by atoms with E-state index in [0.717, 1.165) is 5.39 Å². The Balaban J connectivity index is 2.14. The number of fused-ring (bicyclic) bond motifs is 1. The molecule has 21 heavy (non-hydrogen) atoms. The third-order valence-electron chi connectivity index (χ3n) is 3.06. The molecule has 2 N–H and O–H groups in total. The van der Waals surface area contributed by atoms with E-state index >= 15 is 0 Å². The number of sulfone groups is 1. The van der Waals surface area contributed by atoms with Gasteiger partial charge in [0.1, 0.15) is 20.4 Å². The zero-order valence-corrected chi connectivity index (χ0v) is 13.3. The van der Waals surface area contributed by atoms with E-state index in [0.29, 0.717) is 23.5 Å². The van der Waals surface area contributed by atoms with E-state index in [4.69, 9.17) is 27.1 Å². The maximum absolute atomic E-state index is 11.4. The van der Waals surface area contributed by atoms with Crippen LogP contribution in [0.2, 0.25) is 0 Å². The molecular formula is C14H17NO4S2. The van der Waals surface area contributed by atoms with Crippen molar-refractivity contribution in [1.29, 1.82) is 0 Å². The van der Waals surface area contributed by atoms with Crippen molar-refractivity contribution in [3.05, 3.63) is 30.0 Å². The number of hydrogen-bond acceptors (Lipinski definition) is 5. The average molecular weight is 327 g/mol. The van der Waals surface area contributed by atoms with E-state index in [9.17, 15) is 8.42 Å². The third kappa shape index (κ3) is 3.74. The first-order chi connectivity index (χ1) is 9.94. The smallest absolute Gasteiger partial charge is 0.204 e. The van der Waals surface area contributed by atoms with Gasteiger partial charge in [-0.1, -0.05) is 31.3 Å². The van der Waals surface area contributed by atoms with Gasteiger partial charge in [-0.05, 0) is 18.6 Å². The largest absolute Gasteiger partial charge is 0.489 e. The zero-order chi connectivity index (χ0) is 15.5. The van der Waals surface area contributed by atoms with Gasteiger partial charge in [0.25, 0.3) is 0 Å².